The summed E-state index contributed by atoms with van der Waals surface area (Å²) in [5.74, 6) is 0.761. The molecule has 1 atom stereocenters. The van der Waals surface area contributed by atoms with Crippen LogP contribution in [0.25, 0.3) is 10.8 Å². The van der Waals surface area contributed by atoms with Gasteiger partial charge in [-0.05, 0) is 49.7 Å². The summed E-state index contributed by atoms with van der Waals surface area (Å²) in [6, 6.07) is 10.7. The Balaban J connectivity index is 1.80. The fourth-order valence-electron chi connectivity index (χ4n) is 2.63. The number of benzene rings is 1. The first kappa shape index (κ1) is 10.7. The maximum Gasteiger partial charge on any atom is 0.0413 e. The molecule has 1 saturated heterocycles. The van der Waals surface area contributed by atoms with Crippen molar-refractivity contribution in [2.24, 2.45) is 5.92 Å². The van der Waals surface area contributed by atoms with Gasteiger partial charge in [0.2, 0.25) is 0 Å². The fourth-order valence-corrected chi connectivity index (χ4v) is 2.63. The van der Waals surface area contributed by atoms with E-state index in [1.807, 2.05) is 6.20 Å². The summed E-state index contributed by atoms with van der Waals surface area (Å²) in [6.45, 7) is 2.33. The van der Waals surface area contributed by atoms with Gasteiger partial charge in [0.05, 0.1) is 0 Å². The van der Waals surface area contributed by atoms with Crippen LogP contribution in [0.1, 0.15) is 18.5 Å². The molecule has 17 heavy (non-hydrogen) atoms. The molecule has 88 valence electrons. The van der Waals surface area contributed by atoms with Gasteiger partial charge in [-0.1, -0.05) is 24.3 Å². The molecule has 1 unspecified atom stereocenters. The molecule has 0 spiro atoms. The van der Waals surface area contributed by atoms with E-state index >= 15 is 0 Å². The minimum atomic E-state index is 0.761. The monoisotopic (exact) mass is 226 g/mol. The third-order valence-corrected chi connectivity index (χ3v) is 3.58. The van der Waals surface area contributed by atoms with Gasteiger partial charge < -0.3 is 5.32 Å². The third-order valence-electron chi connectivity index (χ3n) is 3.58. The van der Waals surface area contributed by atoms with Crippen molar-refractivity contribution in [3.8, 4) is 0 Å². The molecule has 2 aromatic rings. The maximum atomic E-state index is 4.57. The van der Waals surface area contributed by atoms with Gasteiger partial charge in [0, 0.05) is 17.3 Å². The van der Waals surface area contributed by atoms with E-state index in [1.54, 1.807) is 0 Å². The molecule has 1 aliphatic heterocycles. The lowest BCUT2D eigenvalue weighted by Gasteiger charge is -2.22. The first-order valence-electron chi connectivity index (χ1n) is 6.46. The van der Waals surface area contributed by atoms with E-state index in [9.17, 15) is 0 Å². The van der Waals surface area contributed by atoms with E-state index < -0.39 is 0 Å². The third kappa shape index (κ3) is 2.47. The average molecular weight is 226 g/mol. The van der Waals surface area contributed by atoms with Crippen molar-refractivity contribution >= 4 is 10.8 Å². The van der Waals surface area contributed by atoms with Crippen molar-refractivity contribution in [2.75, 3.05) is 13.1 Å². The lowest BCUT2D eigenvalue weighted by molar-refractivity contribution is 0.374. The van der Waals surface area contributed by atoms with Crippen molar-refractivity contribution in [2.45, 2.75) is 19.3 Å². The average Bonchev–Trinajstić information content (AvgIpc) is 2.40. The zero-order valence-corrected chi connectivity index (χ0v) is 10.0. The topological polar surface area (TPSA) is 24.9 Å². The van der Waals surface area contributed by atoms with Crippen LogP contribution in [0, 0.1) is 5.92 Å². The predicted octanol–water partition coefficient (Wildman–Crippen LogP) is 2.78. The highest BCUT2D eigenvalue weighted by Crippen LogP contribution is 2.18. The van der Waals surface area contributed by atoms with E-state index in [1.165, 1.54) is 35.9 Å². The van der Waals surface area contributed by atoms with Gasteiger partial charge in [0.25, 0.3) is 0 Å². The standard InChI is InChI=1S/C15H18N2/c1-2-6-14-11-17-15(9-13(14)5-1)8-12-4-3-7-16-10-12/h1-2,5-6,9,11-12,16H,3-4,7-8,10H2. The van der Waals surface area contributed by atoms with Crippen LogP contribution in [0.2, 0.25) is 0 Å². The van der Waals surface area contributed by atoms with E-state index in [4.69, 9.17) is 0 Å². The van der Waals surface area contributed by atoms with Crippen LogP contribution in [-0.2, 0) is 6.42 Å². The number of hydrogen-bond acceptors (Lipinski definition) is 2. The van der Waals surface area contributed by atoms with Gasteiger partial charge in [0.15, 0.2) is 0 Å². The van der Waals surface area contributed by atoms with Crippen LogP contribution in [-0.4, -0.2) is 18.1 Å². The molecule has 0 radical (unpaired) electrons. The number of aromatic nitrogens is 1. The second kappa shape index (κ2) is 4.84. The summed E-state index contributed by atoms with van der Waals surface area (Å²) in [7, 11) is 0. The van der Waals surface area contributed by atoms with Gasteiger partial charge in [-0.2, -0.15) is 0 Å². The number of hydrogen-bond donors (Lipinski definition) is 1. The first-order valence-corrected chi connectivity index (χ1v) is 6.46. The van der Waals surface area contributed by atoms with Gasteiger partial charge in [-0.15, -0.1) is 0 Å². The van der Waals surface area contributed by atoms with E-state index in [-0.39, 0.29) is 0 Å². The van der Waals surface area contributed by atoms with E-state index in [0.717, 1.165) is 18.9 Å². The van der Waals surface area contributed by atoms with Gasteiger partial charge in [-0.25, -0.2) is 0 Å². The minimum Gasteiger partial charge on any atom is -0.316 e. The number of rotatable bonds is 2. The van der Waals surface area contributed by atoms with Crippen molar-refractivity contribution in [3.05, 3.63) is 42.2 Å². The van der Waals surface area contributed by atoms with Crippen LogP contribution in [0.4, 0.5) is 0 Å². The van der Waals surface area contributed by atoms with Crippen molar-refractivity contribution in [1.29, 1.82) is 0 Å². The first-order chi connectivity index (χ1) is 8.42. The summed E-state index contributed by atoms with van der Waals surface area (Å²) >= 11 is 0. The zero-order valence-electron chi connectivity index (χ0n) is 10.0. The summed E-state index contributed by atoms with van der Waals surface area (Å²) in [5.41, 5.74) is 1.23. The van der Waals surface area contributed by atoms with Crippen molar-refractivity contribution in [1.82, 2.24) is 10.3 Å². The van der Waals surface area contributed by atoms with Crippen molar-refractivity contribution in [3.63, 3.8) is 0 Å². The van der Waals surface area contributed by atoms with Gasteiger partial charge >= 0.3 is 0 Å². The number of nitrogens with one attached hydrogen (secondary N) is 1. The molecule has 2 heterocycles. The van der Waals surface area contributed by atoms with Crippen LogP contribution in [0.15, 0.2) is 36.5 Å². The molecule has 0 amide bonds. The number of nitrogens with zero attached hydrogens (tertiary/aromatic N) is 1. The van der Waals surface area contributed by atoms with E-state index in [2.05, 4.69) is 40.6 Å². The molecule has 1 fully saturated rings. The molecule has 1 aliphatic rings. The lowest BCUT2D eigenvalue weighted by Crippen LogP contribution is -2.31. The Morgan fingerprint density at radius 1 is 1.24 bits per heavy atom. The Hall–Kier alpha value is -1.41. The summed E-state index contributed by atoms with van der Waals surface area (Å²) in [4.78, 5) is 4.57. The highest BCUT2D eigenvalue weighted by molar-refractivity contribution is 5.81. The summed E-state index contributed by atoms with van der Waals surface area (Å²) < 4.78 is 0. The second-order valence-electron chi connectivity index (χ2n) is 4.94. The summed E-state index contributed by atoms with van der Waals surface area (Å²) in [6.07, 6.45) is 5.75. The highest BCUT2D eigenvalue weighted by Gasteiger charge is 2.14. The zero-order chi connectivity index (χ0) is 11.5. The molecule has 1 aromatic heterocycles. The Morgan fingerprint density at radius 3 is 2.94 bits per heavy atom. The van der Waals surface area contributed by atoms with Crippen LogP contribution in [0.3, 0.4) is 0 Å². The normalized spacial score (nSPS) is 20.6. The molecule has 2 heteroatoms. The Labute approximate surface area is 102 Å². The minimum absolute atomic E-state index is 0.761. The molecule has 0 saturated carbocycles. The molecule has 1 aromatic carbocycles. The van der Waals surface area contributed by atoms with Gasteiger partial charge in [0.1, 0.15) is 0 Å². The molecule has 1 N–H and O–H groups in total. The smallest absolute Gasteiger partial charge is 0.0413 e. The number of pyridine rings is 1. The number of fused-ring (bicyclic) bond motifs is 1. The van der Waals surface area contributed by atoms with Crippen LogP contribution < -0.4 is 5.32 Å². The molecule has 3 rings (SSSR count). The quantitative estimate of drug-likeness (QED) is 0.851. The summed E-state index contributed by atoms with van der Waals surface area (Å²) in [5, 5.41) is 6.01. The van der Waals surface area contributed by atoms with Crippen LogP contribution >= 0.6 is 0 Å². The molecular formula is C15H18N2. The molecule has 0 aliphatic carbocycles. The second-order valence-corrected chi connectivity index (χ2v) is 4.94. The molecule has 0 bridgehead atoms. The number of piperidine rings is 1. The molecule has 2 nitrogen and oxygen atoms in total. The Bertz CT molecular complexity index is 501. The highest BCUT2D eigenvalue weighted by atomic mass is 14.9. The lowest BCUT2D eigenvalue weighted by atomic mass is 9.94. The SMILES string of the molecule is c1ccc2cc(CC3CCCNC3)ncc2c1. The largest absolute Gasteiger partial charge is 0.316 e. The van der Waals surface area contributed by atoms with Gasteiger partial charge in [-0.3, -0.25) is 4.98 Å². The Kier molecular flexibility index (Phi) is 3.06. The maximum absolute atomic E-state index is 4.57. The van der Waals surface area contributed by atoms with Crippen molar-refractivity contribution < 1.29 is 0 Å². The predicted molar refractivity (Wildman–Crippen MR) is 71.0 cm³/mol. The fraction of sp³-hybridized carbons (Fsp3) is 0.400. The van der Waals surface area contributed by atoms with Crippen LogP contribution in [0.5, 0.6) is 0 Å². The molecular weight excluding hydrogens is 208 g/mol. The van der Waals surface area contributed by atoms with E-state index in [0.29, 0.717) is 0 Å². The Morgan fingerprint density at radius 2 is 2.12 bits per heavy atom.